The number of esters is 1. The summed E-state index contributed by atoms with van der Waals surface area (Å²) in [5.41, 5.74) is -0.775. The number of benzene rings is 1. The Labute approximate surface area is 115 Å². The molecule has 1 aliphatic heterocycles. The lowest BCUT2D eigenvalue weighted by molar-refractivity contribution is -0.150. The van der Waals surface area contributed by atoms with E-state index in [-0.39, 0.29) is 5.90 Å². The topological polar surface area (TPSA) is 76.5 Å². The molecule has 100 valence electrons. The van der Waals surface area contributed by atoms with Crippen LogP contribution in [-0.2, 0) is 24.7 Å². The van der Waals surface area contributed by atoms with Crippen LogP contribution in [0.3, 0.4) is 0 Å². The van der Waals surface area contributed by atoms with Crippen LogP contribution in [0.25, 0.3) is 0 Å². The molecule has 2 rings (SSSR count). The molecule has 19 heavy (non-hydrogen) atoms. The van der Waals surface area contributed by atoms with E-state index in [0.717, 1.165) is 0 Å². The zero-order valence-electron chi connectivity index (χ0n) is 10.4. The van der Waals surface area contributed by atoms with Gasteiger partial charge in [0.1, 0.15) is 0 Å². The van der Waals surface area contributed by atoms with Crippen molar-refractivity contribution in [1.29, 1.82) is 5.41 Å². The van der Waals surface area contributed by atoms with E-state index in [4.69, 9.17) is 26.5 Å². The van der Waals surface area contributed by atoms with Crippen LogP contribution in [0.1, 0.15) is 19.4 Å². The summed E-state index contributed by atoms with van der Waals surface area (Å²) in [4.78, 5) is 23.2. The van der Waals surface area contributed by atoms with Gasteiger partial charge >= 0.3 is 5.97 Å². The Balaban J connectivity index is 2.35. The first-order valence-corrected chi connectivity index (χ1v) is 5.97. The van der Waals surface area contributed by atoms with Gasteiger partial charge in [-0.05, 0) is 19.1 Å². The van der Waals surface area contributed by atoms with E-state index < -0.39 is 23.5 Å². The Kier molecular flexibility index (Phi) is 3.32. The van der Waals surface area contributed by atoms with Crippen molar-refractivity contribution in [3.05, 3.63) is 34.9 Å². The highest BCUT2D eigenvalue weighted by Crippen LogP contribution is 2.35. The van der Waals surface area contributed by atoms with Crippen molar-refractivity contribution in [2.75, 3.05) is 0 Å². The molecule has 0 radical (unpaired) electrons. The zero-order valence-corrected chi connectivity index (χ0v) is 11.2. The van der Waals surface area contributed by atoms with Crippen molar-refractivity contribution in [1.82, 2.24) is 0 Å². The minimum absolute atomic E-state index is 0.363. The molecule has 1 saturated heterocycles. The van der Waals surface area contributed by atoms with E-state index in [0.29, 0.717) is 10.6 Å². The Morgan fingerprint density at radius 2 is 2.00 bits per heavy atom. The molecule has 0 spiro atoms. The highest BCUT2D eigenvalue weighted by molar-refractivity contribution is 6.30. The number of nitrogens with one attached hydrogen (secondary N) is 1. The molecular weight excluding hydrogens is 270 g/mol. The van der Waals surface area contributed by atoms with Crippen LogP contribution in [0.5, 0.6) is 0 Å². The van der Waals surface area contributed by atoms with Gasteiger partial charge in [0.25, 0.3) is 0 Å². The molecule has 1 heterocycles. The summed E-state index contributed by atoms with van der Waals surface area (Å²) in [5, 5.41) is 8.16. The number of carbonyl (C=O) groups is 2. The largest absolute Gasteiger partial charge is 0.459 e. The fourth-order valence-corrected chi connectivity index (χ4v) is 2.06. The third-order valence-electron chi connectivity index (χ3n) is 2.94. The highest BCUT2D eigenvalue weighted by Gasteiger charge is 2.53. The molecular formula is C13H12ClNO4. The minimum Gasteiger partial charge on any atom is -0.459 e. The van der Waals surface area contributed by atoms with E-state index in [2.05, 4.69) is 0 Å². The molecule has 0 bridgehead atoms. The fourth-order valence-electron chi connectivity index (χ4n) is 1.94. The number of carbonyl (C=O) groups excluding carboxylic acids is 2. The molecule has 0 aromatic heterocycles. The van der Waals surface area contributed by atoms with E-state index in [1.807, 2.05) is 0 Å². The number of ether oxygens (including phenoxy) is 2. The van der Waals surface area contributed by atoms with Crippen molar-refractivity contribution in [3.8, 4) is 0 Å². The van der Waals surface area contributed by atoms with Crippen molar-refractivity contribution >= 4 is 29.3 Å². The highest BCUT2D eigenvalue weighted by atomic mass is 35.5. The average molecular weight is 282 g/mol. The maximum atomic E-state index is 12.3. The van der Waals surface area contributed by atoms with Crippen molar-refractivity contribution in [2.24, 2.45) is 0 Å². The smallest absolute Gasteiger partial charge is 0.303 e. The second-order valence-corrected chi connectivity index (χ2v) is 4.80. The molecule has 0 aliphatic carbocycles. The number of rotatable bonds is 2. The first kappa shape index (κ1) is 13.5. The summed E-state index contributed by atoms with van der Waals surface area (Å²) >= 11 is 5.79. The zero-order chi connectivity index (χ0) is 14.2. The molecule has 1 aromatic carbocycles. The SMILES string of the molecule is CC(=O)OC1C(=N)OC(C)(c2ccc(Cl)cc2)C1=O. The summed E-state index contributed by atoms with van der Waals surface area (Å²) in [7, 11) is 0. The van der Waals surface area contributed by atoms with Crippen LogP contribution in [0, 0.1) is 5.41 Å². The predicted molar refractivity (Wildman–Crippen MR) is 68.2 cm³/mol. The van der Waals surface area contributed by atoms with Gasteiger partial charge in [-0.2, -0.15) is 0 Å². The van der Waals surface area contributed by atoms with Gasteiger partial charge < -0.3 is 9.47 Å². The quantitative estimate of drug-likeness (QED) is 0.842. The van der Waals surface area contributed by atoms with E-state index in [1.165, 1.54) is 13.8 Å². The van der Waals surface area contributed by atoms with Gasteiger partial charge in [0, 0.05) is 17.5 Å². The van der Waals surface area contributed by atoms with Crippen LogP contribution < -0.4 is 0 Å². The lowest BCUT2D eigenvalue weighted by Crippen LogP contribution is -2.35. The summed E-state index contributed by atoms with van der Waals surface area (Å²) < 4.78 is 10.1. The Hall–Kier alpha value is -1.88. The molecule has 1 fully saturated rings. The Morgan fingerprint density at radius 3 is 2.53 bits per heavy atom. The second kappa shape index (κ2) is 4.66. The summed E-state index contributed by atoms with van der Waals surface area (Å²) in [6.45, 7) is 2.72. The van der Waals surface area contributed by atoms with E-state index in [1.54, 1.807) is 24.3 Å². The van der Waals surface area contributed by atoms with Gasteiger partial charge in [-0.1, -0.05) is 23.7 Å². The monoisotopic (exact) mass is 281 g/mol. The average Bonchev–Trinajstić information content (AvgIpc) is 2.54. The molecule has 1 aliphatic rings. The van der Waals surface area contributed by atoms with Gasteiger partial charge in [0.05, 0.1) is 0 Å². The lowest BCUT2D eigenvalue weighted by atomic mass is 9.91. The van der Waals surface area contributed by atoms with Gasteiger partial charge in [-0.3, -0.25) is 15.0 Å². The molecule has 5 nitrogen and oxygen atoms in total. The normalized spacial score (nSPS) is 26.2. The van der Waals surface area contributed by atoms with Crippen LogP contribution in [0.2, 0.25) is 5.02 Å². The van der Waals surface area contributed by atoms with Crippen LogP contribution in [-0.4, -0.2) is 23.8 Å². The fraction of sp³-hybridized carbons (Fsp3) is 0.308. The molecule has 6 heteroatoms. The third-order valence-corrected chi connectivity index (χ3v) is 3.19. The first-order valence-electron chi connectivity index (χ1n) is 5.59. The van der Waals surface area contributed by atoms with Gasteiger partial charge in [0.15, 0.2) is 5.60 Å². The second-order valence-electron chi connectivity index (χ2n) is 4.36. The summed E-state index contributed by atoms with van der Waals surface area (Å²) in [5.74, 6) is -1.47. The maximum Gasteiger partial charge on any atom is 0.303 e. The van der Waals surface area contributed by atoms with Crippen LogP contribution in [0.15, 0.2) is 24.3 Å². The molecule has 0 amide bonds. The lowest BCUT2D eigenvalue weighted by Gasteiger charge is -2.21. The van der Waals surface area contributed by atoms with Crippen molar-refractivity contribution in [3.63, 3.8) is 0 Å². The van der Waals surface area contributed by atoms with Crippen LogP contribution in [0.4, 0.5) is 0 Å². The van der Waals surface area contributed by atoms with Crippen molar-refractivity contribution < 1.29 is 19.1 Å². The summed E-state index contributed by atoms with van der Waals surface area (Å²) in [6, 6.07) is 6.54. The van der Waals surface area contributed by atoms with Gasteiger partial charge in [-0.15, -0.1) is 0 Å². The maximum absolute atomic E-state index is 12.3. The standard InChI is InChI=1S/C13H12ClNO4/c1-7(16)18-10-11(17)13(2,19-12(10)15)8-3-5-9(14)6-4-8/h3-6,10,15H,1-2H3. The molecule has 2 unspecified atom stereocenters. The number of hydrogen-bond donors (Lipinski definition) is 1. The Morgan fingerprint density at radius 1 is 1.42 bits per heavy atom. The first-order chi connectivity index (χ1) is 8.84. The van der Waals surface area contributed by atoms with Crippen LogP contribution >= 0.6 is 11.6 Å². The molecule has 0 saturated carbocycles. The van der Waals surface area contributed by atoms with Gasteiger partial charge in [0.2, 0.25) is 17.8 Å². The molecule has 1 N–H and O–H groups in total. The third kappa shape index (κ3) is 2.33. The van der Waals surface area contributed by atoms with E-state index in [9.17, 15) is 9.59 Å². The van der Waals surface area contributed by atoms with Gasteiger partial charge in [-0.25, -0.2) is 0 Å². The Bertz CT molecular complexity index is 554. The number of Topliss-reactive ketones (excluding diaryl/α,β-unsaturated/α-hetero) is 1. The molecule has 2 atom stereocenters. The number of ketones is 1. The summed E-state index contributed by atoms with van der Waals surface area (Å²) in [6.07, 6.45) is -1.28. The number of hydrogen-bond acceptors (Lipinski definition) is 5. The van der Waals surface area contributed by atoms with E-state index >= 15 is 0 Å². The molecule has 1 aromatic rings. The predicted octanol–water partition coefficient (Wildman–Crippen LogP) is 2.06. The van der Waals surface area contributed by atoms with Crippen molar-refractivity contribution in [2.45, 2.75) is 25.6 Å². The number of halogens is 1. The minimum atomic E-state index is -1.33.